The molecular weight excluding hydrogens is 236 g/mol. The van der Waals surface area contributed by atoms with Gasteiger partial charge in [0, 0.05) is 13.0 Å². The molecule has 0 saturated carbocycles. The van der Waals surface area contributed by atoms with Crippen molar-refractivity contribution in [3.8, 4) is 11.5 Å². The number of primary amides is 1. The lowest BCUT2D eigenvalue weighted by Gasteiger charge is -2.09. The summed E-state index contributed by atoms with van der Waals surface area (Å²) in [5.74, 6) is 0.983. The summed E-state index contributed by atoms with van der Waals surface area (Å²) in [5, 5.41) is 0. The fourth-order valence-electron chi connectivity index (χ4n) is 1.57. The SMILES string of the molecule is NC(=O)CONCc1ccc2c(c1)OCCCO2. The van der Waals surface area contributed by atoms with E-state index in [1.54, 1.807) is 0 Å². The molecule has 1 aliphatic rings. The van der Waals surface area contributed by atoms with E-state index < -0.39 is 5.91 Å². The van der Waals surface area contributed by atoms with Crippen molar-refractivity contribution in [2.45, 2.75) is 13.0 Å². The Morgan fingerprint density at radius 2 is 2.11 bits per heavy atom. The van der Waals surface area contributed by atoms with Crippen molar-refractivity contribution in [2.24, 2.45) is 5.73 Å². The highest BCUT2D eigenvalue weighted by molar-refractivity contribution is 5.74. The summed E-state index contributed by atoms with van der Waals surface area (Å²) in [6.07, 6.45) is 0.879. The monoisotopic (exact) mass is 252 g/mol. The van der Waals surface area contributed by atoms with E-state index in [-0.39, 0.29) is 6.61 Å². The fourth-order valence-corrected chi connectivity index (χ4v) is 1.57. The van der Waals surface area contributed by atoms with E-state index in [9.17, 15) is 4.79 Å². The number of carbonyl (C=O) groups excluding carboxylic acids is 1. The largest absolute Gasteiger partial charge is 0.490 e. The molecule has 0 atom stereocenters. The van der Waals surface area contributed by atoms with Gasteiger partial charge in [0.05, 0.1) is 13.2 Å². The van der Waals surface area contributed by atoms with Crippen molar-refractivity contribution in [1.29, 1.82) is 0 Å². The van der Waals surface area contributed by atoms with Crippen molar-refractivity contribution in [3.63, 3.8) is 0 Å². The van der Waals surface area contributed by atoms with Crippen LogP contribution in [-0.2, 0) is 16.2 Å². The van der Waals surface area contributed by atoms with Gasteiger partial charge >= 0.3 is 0 Å². The van der Waals surface area contributed by atoms with E-state index in [0.717, 1.165) is 23.5 Å². The zero-order chi connectivity index (χ0) is 12.8. The van der Waals surface area contributed by atoms with Crippen LogP contribution in [0.1, 0.15) is 12.0 Å². The summed E-state index contributed by atoms with van der Waals surface area (Å²) >= 11 is 0. The van der Waals surface area contributed by atoms with Gasteiger partial charge in [0.1, 0.15) is 6.61 Å². The van der Waals surface area contributed by atoms with E-state index in [1.165, 1.54) is 0 Å². The smallest absolute Gasteiger partial charge is 0.245 e. The molecular formula is C12H16N2O4. The van der Waals surface area contributed by atoms with Gasteiger partial charge in [-0.25, -0.2) is 0 Å². The average molecular weight is 252 g/mol. The fraction of sp³-hybridized carbons (Fsp3) is 0.417. The molecule has 1 heterocycles. The highest BCUT2D eigenvalue weighted by Gasteiger charge is 2.10. The number of fused-ring (bicyclic) bond motifs is 1. The second-order valence-corrected chi connectivity index (χ2v) is 3.91. The third kappa shape index (κ3) is 3.61. The Morgan fingerprint density at radius 1 is 1.33 bits per heavy atom. The number of nitrogens with two attached hydrogens (primary N) is 1. The number of nitrogens with one attached hydrogen (secondary N) is 1. The molecule has 1 amide bonds. The molecule has 18 heavy (non-hydrogen) atoms. The molecule has 0 aliphatic carbocycles. The first kappa shape index (κ1) is 12.7. The van der Waals surface area contributed by atoms with Crippen molar-refractivity contribution in [2.75, 3.05) is 19.8 Å². The molecule has 6 nitrogen and oxygen atoms in total. The zero-order valence-corrected chi connectivity index (χ0v) is 9.98. The van der Waals surface area contributed by atoms with Crippen LogP contribution >= 0.6 is 0 Å². The lowest BCUT2D eigenvalue weighted by molar-refractivity contribution is -0.125. The molecule has 0 fully saturated rings. The normalized spacial score (nSPS) is 14.0. The minimum absolute atomic E-state index is 0.148. The number of benzene rings is 1. The number of ether oxygens (including phenoxy) is 2. The zero-order valence-electron chi connectivity index (χ0n) is 9.98. The molecule has 0 unspecified atom stereocenters. The highest BCUT2D eigenvalue weighted by Crippen LogP contribution is 2.30. The molecule has 0 saturated heterocycles. The van der Waals surface area contributed by atoms with Crippen molar-refractivity contribution < 1.29 is 19.1 Å². The second-order valence-electron chi connectivity index (χ2n) is 3.91. The van der Waals surface area contributed by atoms with Gasteiger partial charge in [0.2, 0.25) is 5.91 Å². The first-order valence-electron chi connectivity index (χ1n) is 5.77. The summed E-state index contributed by atoms with van der Waals surface area (Å²) in [6, 6.07) is 5.67. The summed E-state index contributed by atoms with van der Waals surface area (Å²) < 4.78 is 11.1. The molecule has 2 rings (SSSR count). The van der Waals surface area contributed by atoms with Gasteiger partial charge in [-0.1, -0.05) is 6.07 Å². The van der Waals surface area contributed by atoms with E-state index in [0.29, 0.717) is 19.8 Å². The van der Waals surface area contributed by atoms with Gasteiger partial charge in [-0.15, -0.1) is 0 Å². The Morgan fingerprint density at radius 3 is 2.89 bits per heavy atom. The molecule has 0 spiro atoms. The van der Waals surface area contributed by atoms with Crippen LogP contribution in [0.2, 0.25) is 0 Å². The maximum Gasteiger partial charge on any atom is 0.245 e. The molecule has 0 aromatic heterocycles. The molecule has 6 heteroatoms. The Hall–Kier alpha value is -1.79. The Kier molecular flexibility index (Phi) is 4.38. The highest BCUT2D eigenvalue weighted by atomic mass is 16.6. The van der Waals surface area contributed by atoms with Crippen molar-refractivity contribution in [1.82, 2.24) is 5.48 Å². The van der Waals surface area contributed by atoms with Crippen molar-refractivity contribution >= 4 is 5.91 Å². The molecule has 0 radical (unpaired) electrons. The average Bonchev–Trinajstić information content (AvgIpc) is 2.59. The number of hydroxylamine groups is 1. The van der Waals surface area contributed by atoms with Crippen molar-refractivity contribution in [3.05, 3.63) is 23.8 Å². The van der Waals surface area contributed by atoms with E-state index in [2.05, 4.69) is 5.48 Å². The number of carbonyl (C=O) groups is 1. The molecule has 1 aromatic rings. The predicted molar refractivity (Wildman–Crippen MR) is 64.0 cm³/mol. The van der Waals surface area contributed by atoms with Gasteiger partial charge in [0.25, 0.3) is 0 Å². The minimum atomic E-state index is -0.513. The number of hydrogen-bond acceptors (Lipinski definition) is 5. The van der Waals surface area contributed by atoms with Crippen LogP contribution in [0.25, 0.3) is 0 Å². The second kappa shape index (κ2) is 6.23. The summed E-state index contributed by atoms with van der Waals surface area (Å²) in [5.41, 5.74) is 8.57. The standard InChI is InChI=1S/C12H16N2O4/c13-12(15)8-18-14-7-9-2-3-10-11(6-9)17-5-1-4-16-10/h2-3,6,14H,1,4-5,7-8H2,(H2,13,15). The maximum atomic E-state index is 10.5. The maximum absolute atomic E-state index is 10.5. The van der Waals surface area contributed by atoms with Gasteiger partial charge in [-0.05, 0) is 17.7 Å². The third-order valence-corrected chi connectivity index (χ3v) is 2.40. The number of rotatable bonds is 5. The third-order valence-electron chi connectivity index (χ3n) is 2.40. The Balaban J connectivity index is 1.89. The van der Waals surface area contributed by atoms with Crippen LogP contribution < -0.4 is 20.7 Å². The van der Waals surface area contributed by atoms with Crippen LogP contribution in [0.4, 0.5) is 0 Å². The summed E-state index contributed by atoms with van der Waals surface area (Å²) in [6.45, 7) is 1.64. The van der Waals surface area contributed by atoms with Gasteiger partial charge in [-0.2, -0.15) is 5.48 Å². The minimum Gasteiger partial charge on any atom is -0.490 e. The lowest BCUT2D eigenvalue weighted by Crippen LogP contribution is -2.24. The van der Waals surface area contributed by atoms with E-state index in [4.69, 9.17) is 20.0 Å². The summed E-state index contributed by atoms with van der Waals surface area (Å²) in [4.78, 5) is 15.3. The first-order chi connectivity index (χ1) is 8.75. The van der Waals surface area contributed by atoms with Crippen LogP contribution in [0, 0.1) is 0 Å². The van der Waals surface area contributed by atoms with Crippen LogP contribution in [0.5, 0.6) is 11.5 Å². The van der Waals surface area contributed by atoms with E-state index >= 15 is 0 Å². The molecule has 3 N–H and O–H groups in total. The molecule has 1 aliphatic heterocycles. The van der Waals surface area contributed by atoms with Gasteiger partial charge < -0.3 is 15.2 Å². The first-order valence-corrected chi connectivity index (χ1v) is 5.77. The predicted octanol–water partition coefficient (Wildman–Crippen LogP) is 0.354. The lowest BCUT2D eigenvalue weighted by atomic mass is 10.2. The van der Waals surface area contributed by atoms with Crippen LogP contribution in [0.3, 0.4) is 0 Å². The quantitative estimate of drug-likeness (QED) is 0.584. The topological polar surface area (TPSA) is 82.8 Å². The Labute approximate surface area is 105 Å². The summed E-state index contributed by atoms with van der Waals surface area (Å²) in [7, 11) is 0. The molecule has 98 valence electrons. The van der Waals surface area contributed by atoms with E-state index in [1.807, 2.05) is 18.2 Å². The van der Waals surface area contributed by atoms with Gasteiger partial charge in [-0.3, -0.25) is 9.63 Å². The number of hydrogen-bond donors (Lipinski definition) is 2. The van der Waals surface area contributed by atoms with Gasteiger partial charge in [0.15, 0.2) is 11.5 Å². The Bertz CT molecular complexity index is 423. The van der Waals surface area contributed by atoms with Crippen LogP contribution in [0.15, 0.2) is 18.2 Å². The molecule has 1 aromatic carbocycles. The molecule has 0 bridgehead atoms. The van der Waals surface area contributed by atoms with Crippen LogP contribution in [-0.4, -0.2) is 25.7 Å². The number of amides is 1.